The van der Waals surface area contributed by atoms with Crippen LogP contribution in [0, 0.1) is 6.92 Å². The Bertz CT molecular complexity index is 851. The van der Waals surface area contributed by atoms with Gasteiger partial charge >= 0.3 is 5.97 Å². The van der Waals surface area contributed by atoms with E-state index in [0.717, 1.165) is 0 Å². The van der Waals surface area contributed by atoms with E-state index >= 15 is 0 Å². The number of aromatic nitrogens is 1. The van der Waals surface area contributed by atoms with Gasteiger partial charge in [-0.3, -0.25) is 9.78 Å². The van der Waals surface area contributed by atoms with Crippen LogP contribution in [0.3, 0.4) is 0 Å². The van der Waals surface area contributed by atoms with Crippen molar-refractivity contribution in [2.45, 2.75) is 19.8 Å². The van der Waals surface area contributed by atoms with Gasteiger partial charge in [0.15, 0.2) is 5.43 Å². The highest BCUT2D eigenvalue weighted by Gasteiger charge is 2.38. The summed E-state index contributed by atoms with van der Waals surface area (Å²) >= 11 is 0. The predicted molar refractivity (Wildman–Crippen MR) is 81.1 cm³/mol. The van der Waals surface area contributed by atoms with Crippen molar-refractivity contribution in [1.82, 2.24) is 4.98 Å². The summed E-state index contributed by atoms with van der Waals surface area (Å²) in [6.45, 7) is 3.31. The SMILES string of the molecule is COC(=O)C1=C(C)Oc2oc(C)cc(=O)c2C1c1cccnc1. The Kier molecular flexibility index (Phi) is 3.73. The fourth-order valence-electron chi connectivity index (χ4n) is 2.72. The summed E-state index contributed by atoms with van der Waals surface area (Å²) in [4.78, 5) is 28.8. The molecule has 0 spiro atoms. The molecule has 0 aliphatic carbocycles. The number of nitrogens with zero attached hydrogens (tertiary/aromatic N) is 1. The van der Waals surface area contributed by atoms with E-state index in [0.29, 0.717) is 17.1 Å². The van der Waals surface area contributed by atoms with Crippen LogP contribution >= 0.6 is 0 Å². The van der Waals surface area contributed by atoms with Crippen LogP contribution in [0.25, 0.3) is 0 Å². The molecule has 0 aromatic carbocycles. The second-order valence-electron chi connectivity index (χ2n) is 5.21. The molecular weight excluding hydrogens is 298 g/mol. The smallest absolute Gasteiger partial charge is 0.338 e. The van der Waals surface area contributed by atoms with E-state index in [1.54, 1.807) is 38.4 Å². The summed E-state index contributed by atoms with van der Waals surface area (Å²) in [5.41, 5.74) is 0.971. The van der Waals surface area contributed by atoms with Crippen LogP contribution in [0.4, 0.5) is 0 Å². The summed E-state index contributed by atoms with van der Waals surface area (Å²) in [7, 11) is 1.29. The van der Waals surface area contributed by atoms with E-state index in [4.69, 9.17) is 13.9 Å². The third kappa shape index (κ3) is 2.52. The number of carbonyl (C=O) groups is 1. The van der Waals surface area contributed by atoms with Gasteiger partial charge in [-0.1, -0.05) is 6.07 Å². The molecule has 118 valence electrons. The highest BCUT2D eigenvalue weighted by atomic mass is 16.6. The Morgan fingerprint density at radius 3 is 2.78 bits per heavy atom. The van der Waals surface area contributed by atoms with Gasteiger partial charge in [0.2, 0.25) is 0 Å². The van der Waals surface area contributed by atoms with Crippen LogP contribution in [-0.2, 0) is 9.53 Å². The maximum atomic E-state index is 12.5. The van der Waals surface area contributed by atoms with E-state index in [1.807, 2.05) is 0 Å². The second-order valence-corrected chi connectivity index (χ2v) is 5.21. The molecule has 0 saturated carbocycles. The molecule has 0 bridgehead atoms. The third-order valence-electron chi connectivity index (χ3n) is 3.70. The van der Waals surface area contributed by atoms with Gasteiger partial charge in [0.25, 0.3) is 5.95 Å². The van der Waals surface area contributed by atoms with Gasteiger partial charge in [-0.05, 0) is 25.5 Å². The summed E-state index contributed by atoms with van der Waals surface area (Å²) in [6, 6.07) is 4.91. The first-order valence-corrected chi connectivity index (χ1v) is 7.04. The highest BCUT2D eigenvalue weighted by Crippen LogP contribution is 2.41. The third-order valence-corrected chi connectivity index (χ3v) is 3.70. The monoisotopic (exact) mass is 313 g/mol. The molecule has 3 rings (SSSR count). The lowest BCUT2D eigenvalue weighted by Crippen LogP contribution is -2.27. The minimum Gasteiger partial charge on any atom is -0.466 e. The summed E-state index contributed by atoms with van der Waals surface area (Å²) in [5.74, 6) is -0.312. The van der Waals surface area contributed by atoms with Gasteiger partial charge in [-0.25, -0.2) is 4.79 Å². The molecule has 0 fully saturated rings. The van der Waals surface area contributed by atoms with Crippen molar-refractivity contribution < 1.29 is 18.7 Å². The van der Waals surface area contributed by atoms with Crippen molar-refractivity contribution >= 4 is 5.97 Å². The Morgan fingerprint density at radius 2 is 2.13 bits per heavy atom. The lowest BCUT2D eigenvalue weighted by molar-refractivity contribution is -0.136. The van der Waals surface area contributed by atoms with E-state index in [-0.39, 0.29) is 22.5 Å². The maximum Gasteiger partial charge on any atom is 0.338 e. The van der Waals surface area contributed by atoms with Crippen LogP contribution in [0.2, 0.25) is 0 Å². The molecule has 0 saturated heterocycles. The number of rotatable bonds is 2. The summed E-state index contributed by atoms with van der Waals surface area (Å²) < 4.78 is 16.0. The summed E-state index contributed by atoms with van der Waals surface area (Å²) in [5, 5.41) is 0. The van der Waals surface area contributed by atoms with Gasteiger partial charge in [-0.15, -0.1) is 0 Å². The van der Waals surface area contributed by atoms with Crippen LogP contribution in [0.5, 0.6) is 5.95 Å². The van der Waals surface area contributed by atoms with Gasteiger partial charge < -0.3 is 13.9 Å². The molecule has 23 heavy (non-hydrogen) atoms. The van der Waals surface area contributed by atoms with E-state index in [1.165, 1.54) is 13.2 Å². The molecule has 6 heteroatoms. The largest absolute Gasteiger partial charge is 0.466 e. The predicted octanol–water partition coefficient (Wildman–Crippen LogP) is 2.31. The quantitative estimate of drug-likeness (QED) is 0.792. The zero-order chi connectivity index (χ0) is 16.6. The lowest BCUT2D eigenvalue weighted by Gasteiger charge is -2.26. The normalized spacial score (nSPS) is 16.6. The molecular formula is C17H15NO5. The molecule has 1 atom stereocenters. The molecule has 1 unspecified atom stereocenters. The molecule has 0 amide bonds. The number of allylic oxidation sites excluding steroid dienone is 1. The van der Waals surface area contributed by atoms with E-state index in [2.05, 4.69) is 4.98 Å². The van der Waals surface area contributed by atoms with Gasteiger partial charge in [0, 0.05) is 18.5 Å². The molecule has 0 N–H and O–H groups in total. The summed E-state index contributed by atoms with van der Waals surface area (Å²) in [6.07, 6.45) is 3.23. The average Bonchev–Trinajstić information content (AvgIpc) is 2.53. The topological polar surface area (TPSA) is 78.6 Å². The Hall–Kier alpha value is -2.89. The van der Waals surface area contributed by atoms with Crippen LogP contribution in [0.1, 0.15) is 29.7 Å². The highest BCUT2D eigenvalue weighted by molar-refractivity contribution is 5.92. The number of fused-ring (bicyclic) bond motifs is 1. The molecule has 2 aromatic rings. The Morgan fingerprint density at radius 1 is 1.35 bits per heavy atom. The molecule has 1 aliphatic heterocycles. The number of methoxy groups -OCH3 is 1. The van der Waals surface area contributed by atoms with E-state index < -0.39 is 11.9 Å². The fourth-order valence-corrected chi connectivity index (χ4v) is 2.72. The minimum absolute atomic E-state index is 0.106. The number of esters is 1. The first-order chi connectivity index (χ1) is 11.0. The second kappa shape index (κ2) is 5.72. The lowest BCUT2D eigenvalue weighted by atomic mass is 9.84. The van der Waals surface area contributed by atoms with Crippen molar-refractivity contribution in [3.05, 3.63) is 69.0 Å². The van der Waals surface area contributed by atoms with Crippen molar-refractivity contribution in [3.63, 3.8) is 0 Å². The average molecular weight is 313 g/mol. The van der Waals surface area contributed by atoms with Gasteiger partial charge in [0.05, 0.1) is 24.2 Å². The van der Waals surface area contributed by atoms with Crippen molar-refractivity contribution in [2.24, 2.45) is 0 Å². The number of pyridine rings is 1. The molecule has 2 aromatic heterocycles. The van der Waals surface area contributed by atoms with Gasteiger partial charge in [0.1, 0.15) is 11.5 Å². The Labute approximate surface area is 132 Å². The van der Waals surface area contributed by atoms with Gasteiger partial charge in [-0.2, -0.15) is 0 Å². The number of hydrogen-bond donors (Lipinski definition) is 0. The molecule has 6 nitrogen and oxygen atoms in total. The molecule has 3 heterocycles. The number of aryl methyl sites for hydroxylation is 1. The standard InChI is InChI=1S/C17H15NO5/c1-9-7-12(19)15-14(11-5-4-6-18-8-11)13(16(20)21-3)10(2)23-17(15)22-9/h4-8,14H,1-3H3. The van der Waals surface area contributed by atoms with Crippen molar-refractivity contribution in [1.29, 1.82) is 0 Å². The number of ether oxygens (including phenoxy) is 2. The molecule has 1 aliphatic rings. The van der Waals surface area contributed by atoms with Crippen molar-refractivity contribution in [2.75, 3.05) is 7.11 Å². The zero-order valence-corrected chi connectivity index (χ0v) is 13.0. The van der Waals surface area contributed by atoms with Crippen LogP contribution < -0.4 is 10.2 Å². The first kappa shape index (κ1) is 15.0. The number of hydrogen-bond acceptors (Lipinski definition) is 6. The van der Waals surface area contributed by atoms with E-state index in [9.17, 15) is 9.59 Å². The molecule has 0 radical (unpaired) electrons. The Balaban J connectivity index is 2.31. The number of carbonyl (C=O) groups excluding carboxylic acids is 1. The maximum absolute atomic E-state index is 12.5. The van der Waals surface area contributed by atoms with Crippen LogP contribution in [-0.4, -0.2) is 18.1 Å². The minimum atomic E-state index is -0.642. The zero-order valence-electron chi connectivity index (χ0n) is 13.0. The fraction of sp³-hybridized carbons (Fsp3) is 0.235. The van der Waals surface area contributed by atoms with Crippen LogP contribution in [0.15, 0.2) is 51.1 Å². The van der Waals surface area contributed by atoms with Crippen molar-refractivity contribution in [3.8, 4) is 5.95 Å². The first-order valence-electron chi connectivity index (χ1n) is 7.04.